The van der Waals surface area contributed by atoms with Crippen LogP contribution in [-0.2, 0) is 20.9 Å². The molecule has 1 aliphatic rings. The molecular weight excluding hydrogens is 320 g/mol. The summed E-state index contributed by atoms with van der Waals surface area (Å²) in [6.07, 6.45) is 1.20. The Balaban J connectivity index is 1.93. The topological polar surface area (TPSA) is 78.9 Å². The Morgan fingerprint density at radius 2 is 2.00 bits per heavy atom. The largest absolute Gasteiger partial charge is 0.480 e. The number of rotatable bonds is 8. The van der Waals surface area contributed by atoms with Crippen molar-refractivity contribution >= 4 is 11.9 Å². The molecule has 6 heteroatoms. The Morgan fingerprint density at radius 3 is 2.60 bits per heavy atom. The number of carbonyl (C=O) groups is 2. The van der Waals surface area contributed by atoms with Gasteiger partial charge in [-0.15, -0.1) is 0 Å². The average Bonchev–Trinajstić information content (AvgIpc) is 2.98. The molecule has 1 aliphatic heterocycles. The van der Waals surface area contributed by atoms with Crippen molar-refractivity contribution in [2.75, 3.05) is 13.3 Å². The molecule has 2 rings (SSSR count). The predicted octanol–water partition coefficient (Wildman–Crippen LogP) is 2.24. The lowest BCUT2D eigenvalue weighted by Crippen LogP contribution is -2.57. The number of carboxylic acid groups (broad SMARTS) is 1. The number of likely N-dealkylation sites (tertiary alicyclic amines) is 1. The molecule has 0 radical (unpaired) electrons. The first-order valence-corrected chi connectivity index (χ1v) is 8.76. The first-order valence-electron chi connectivity index (χ1n) is 8.76. The molecule has 2 atom stereocenters. The second-order valence-corrected chi connectivity index (χ2v) is 7.08. The summed E-state index contributed by atoms with van der Waals surface area (Å²) >= 11 is 0. The Morgan fingerprint density at radius 1 is 1.32 bits per heavy atom. The van der Waals surface area contributed by atoms with Crippen LogP contribution in [0.15, 0.2) is 30.3 Å². The minimum atomic E-state index is -1.11. The van der Waals surface area contributed by atoms with E-state index in [1.807, 2.05) is 44.2 Å². The maximum Gasteiger partial charge on any atom is 0.329 e. The van der Waals surface area contributed by atoms with E-state index in [4.69, 9.17) is 4.74 Å². The van der Waals surface area contributed by atoms with Crippen LogP contribution in [0, 0.1) is 5.92 Å². The first-order chi connectivity index (χ1) is 11.9. The third-order valence-electron chi connectivity index (χ3n) is 4.82. The number of aliphatic carboxylic acids is 1. The van der Waals surface area contributed by atoms with Crippen molar-refractivity contribution < 1.29 is 19.4 Å². The molecule has 0 bridgehead atoms. The summed E-state index contributed by atoms with van der Waals surface area (Å²) in [5.41, 5.74) is -0.0497. The van der Waals surface area contributed by atoms with Gasteiger partial charge in [0.15, 0.2) is 0 Å². The summed E-state index contributed by atoms with van der Waals surface area (Å²) < 4.78 is 5.61. The van der Waals surface area contributed by atoms with Crippen LogP contribution >= 0.6 is 0 Å². The van der Waals surface area contributed by atoms with Gasteiger partial charge in [-0.1, -0.05) is 44.2 Å². The number of amides is 1. The first kappa shape index (κ1) is 19.4. The van der Waals surface area contributed by atoms with E-state index < -0.39 is 17.6 Å². The fourth-order valence-electron chi connectivity index (χ4n) is 3.21. The van der Waals surface area contributed by atoms with Crippen LogP contribution in [0.25, 0.3) is 0 Å². The lowest BCUT2D eigenvalue weighted by molar-refractivity contribution is -0.156. The van der Waals surface area contributed by atoms with Crippen LogP contribution in [0.4, 0.5) is 0 Å². The highest BCUT2D eigenvalue weighted by atomic mass is 16.5. The van der Waals surface area contributed by atoms with Gasteiger partial charge in [-0.3, -0.25) is 10.1 Å². The number of hydrogen-bond donors (Lipinski definition) is 2. The van der Waals surface area contributed by atoms with Gasteiger partial charge in [0, 0.05) is 6.54 Å². The Kier molecular flexibility index (Phi) is 6.56. The van der Waals surface area contributed by atoms with Gasteiger partial charge in [-0.25, -0.2) is 4.79 Å². The second kappa shape index (κ2) is 8.45. The van der Waals surface area contributed by atoms with Gasteiger partial charge in [0.05, 0.1) is 19.4 Å². The van der Waals surface area contributed by atoms with Crippen LogP contribution in [0.5, 0.6) is 0 Å². The molecule has 0 aliphatic carbocycles. The van der Waals surface area contributed by atoms with Gasteiger partial charge in [-0.2, -0.15) is 0 Å². The Labute approximate surface area is 149 Å². The molecule has 1 heterocycles. The molecular formula is C19H28N2O4. The van der Waals surface area contributed by atoms with Crippen molar-refractivity contribution in [3.8, 4) is 0 Å². The molecule has 1 aromatic rings. The summed E-state index contributed by atoms with van der Waals surface area (Å²) in [4.78, 5) is 26.0. The highest BCUT2D eigenvalue weighted by Crippen LogP contribution is 2.30. The maximum absolute atomic E-state index is 12.9. The van der Waals surface area contributed by atoms with E-state index in [9.17, 15) is 14.7 Å². The number of carboxylic acids is 1. The summed E-state index contributed by atoms with van der Waals surface area (Å²) in [5.74, 6) is -1.08. The number of carbonyl (C=O) groups excluding carboxylic acids is 1. The molecule has 1 amide bonds. The Hall–Kier alpha value is -1.92. The number of nitrogens with zero attached hydrogens (tertiary/aromatic N) is 1. The quantitative estimate of drug-likeness (QED) is 0.556. The minimum absolute atomic E-state index is 0.0338. The average molecular weight is 348 g/mol. The minimum Gasteiger partial charge on any atom is -0.480 e. The fourth-order valence-corrected chi connectivity index (χ4v) is 3.21. The molecule has 138 valence electrons. The van der Waals surface area contributed by atoms with Crippen LogP contribution in [0.1, 0.15) is 39.2 Å². The zero-order valence-electron chi connectivity index (χ0n) is 15.2. The van der Waals surface area contributed by atoms with Crippen LogP contribution < -0.4 is 5.32 Å². The standard InChI is InChI=1S/C19H28N2O4/c1-14(2)16(20-13-25-12-15-8-5-4-6-9-15)17(22)21-11-7-10-19(21,3)18(23)24/h4-6,8-9,14,16,20H,7,10-13H2,1-3H3,(H,23,24)/t16-,19-/m0/s1. The van der Waals surface area contributed by atoms with Crippen molar-refractivity contribution in [3.05, 3.63) is 35.9 Å². The van der Waals surface area contributed by atoms with Gasteiger partial charge in [-0.05, 0) is 31.2 Å². The van der Waals surface area contributed by atoms with E-state index in [0.717, 1.165) is 5.56 Å². The number of benzene rings is 1. The molecule has 2 N–H and O–H groups in total. The molecule has 6 nitrogen and oxygen atoms in total. The van der Waals surface area contributed by atoms with Crippen LogP contribution in [0.2, 0.25) is 0 Å². The normalized spacial score (nSPS) is 21.5. The van der Waals surface area contributed by atoms with Gasteiger partial charge in [0.25, 0.3) is 0 Å². The van der Waals surface area contributed by atoms with Gasteiger partial charge < -0.3 is 14.7 Å². The van der Waals surface area contributed by atoms with Crippen molar-refractivity contribution in [2.24, 2.45) is 5.92 Å². The maximum atomic E-state index is 12.9. The fraction of sp³-hybridized carbons (Fsp3) is 0.579. The third kappa shape index (κ3) is 4.58. The monoisotopic (exact) mass is 348 g/mol. The zero-order chi connectivity index (χ0) is 18.4. The molecule has 1 aromatic carbocycles. The molecule has 0 unspecified atom stereocenters. The SMILES string of the molecule is CC(C)[C@H](NCOCc1ccccc1)C(=O)N1CCC[C@@]1(C)C(=O)O. The summed E-state index contributed by atoms with van der Waals surface area (Å²) in [5, 5.41) is 12.6. The molecule has 0 spiro atoms. The van der Waals surface area contributed by atoms with Gasteiger partial charge in [0.1, 0.15) is 5.54 Å². The zero-order valence-corrected chi connectivity index (χ0v) is 15.2. The lowest BCUT2D eigenvalue weighted by Gasteiger charge is -2.35. The molecule has 0 saturated carbocycles. The van der Waals surface area contributed by atoms with E-state index in [2.05, 4.69) is 5.32 Å². The molecule has 25 heavy (non-hydrogen) atoms. The van der Waals surface area contributed by atoms with Crippen molar-refractivity contribution in [2.45, 2.75) is 51.8 Å². The third-order valence-corrected chi connectivity index (χ3v) is 4.82. The summed E-state index contributed by atoms with van der Waals surface area (Å²) in [7, 11) is 0. The van der Waals surface area contributed by atoms with E-state index in [0.29, 0.717) is 26.0 Å². The van der Waals surface area contributed by atoms with Crippen LogP contribution in [0.3, 0.4) is 0 Å². The highest BCUT2D eigenvalue weighted by Gasteiger charge is 2.47. The van der Waals surface area contributed by atoms with E-state index in [1.165, 1.54) is 4.90 Å². The number of hydrogen-bond acceptors (Lipinski definition) is 4. The summed E-state index contributed by atoms with van der Waals surface area (Å²) in [6, 6.07) is 9.35. The molecule has 0 aromatic heterocycles. The van der Waals surface area contributed by atoms with E-state index in [-0.39, 0.29) is 18.6 Å². The van der Waals surface area contributed by atoms with Gasteiger partial charge in [0.2, 0.25) is 5.91 Å². The summed E-state index contributed by atoms with van der Waals surface area (Å²) in [6.45, 7) is 6.70. The molecule has 1 saturated heterocycles. The lowest BCUT2D eigenvalue weighted by atomic mass is 9.96. The van der Waals surface area contributed by atoms with Crippen molar-refractivity contribution in [1.82, 2.24) is 10.2 Å². The van der Waals surface area contributed by atoms with Crippen molar-refractivity contribution in [1.29, 1.82) is 0 Å². The highest BCUT2D eigenvalue weighted by molar-refractivity contribution is 5.90. The smallest absolute Gasteiger partial charge is 0.329 e. The van der Waals surface area contributed by atoms with Crippen molar-refractivity contribution in [3.63, 3.8) is 0 Å². The van der Waals surface area contributed by atoms with Gasteiger partial charge >= 0.3 is 5.97 Å². The Bertz CT molecular complexity index is 590. The molecule has 1 fully saturated rings. The number of ether oxygens (including phenoxy) is 1. The van der Waals surface area contributed by atoms with E-state index >= 15 is 0 Å². The van der Waals surface area contributed by atoms with Crippen LogP contribution in [-0.4, -0.2) is 46.7 Å². The van der Waals surface area contributed by atoms with E-state index in [1.54, 1.807) is 6.92 Å². The second-order valence-electron chi connectivity index (χ2n) is 7.08. The number of nitrogens with one attached hydrogen (secondary N) is 1. The predicted molar refractivity (Wildman–Crippen MR) is 94.8 cm³/mol.